The van der Waals surface area contributed by atoms with Gasteiger partial charge in [-0.3, -0.25) is 14.5 Å². The Bertz CT molecular complexity index is 1140. The van der Waals surface area contributed by atoms with E-state index in [1.807, 2.05) is 0 Å². The van der Waals surface area contributed by atoms with Crippen LogP contribution in [-0.2, 0) is 9.59 Å². The molecule has 0 radical (unpaired) electrons. The second-order valence-corrected chi connectivity index (χ2v) is 7.01. The molecule has 0 bridgehead atoms. The van der Waals surface area contributed by atoms with E-state index in [1.54, 1.807) is 54.6 Å². The van der Waals surface area contributed by atoms with Crippen molar-refractivity contribution in [2.45, 2.75) is 6.04 Å². The van der Waals surface area contributed by atoms with E-state index in [2.05, 4.69) is 0 Å². The van der Waals surface area contributed by atoms with Crippen LogP contribution in [-0.4, -0.2) is 16.8 Å². The maximum atomic E-state index is 13.8. The highest BCUT2D eigenvalue weighted by atomic mass is 35.5. The van der Waals surface area contributed by atoms with Gasteiger partial charge in [-0.05, 0) is 35.9 Å². The summed E-state index contributed by atoms with van der Waals surface area (Å²) >= 11 is 6.02. The van der Waals surface area contributed by atoms with Crippen LogP contribution in [0.4, 0.5) is 10.1 Å². The number of benzene rings is 3. The lowest BCUT2D eigenvalue weighted by molar-refractivity contribution is -0.132. The molecular formula is C23H15ClFNO3. The number of amides is 1. The average molecular weight is 408 g/mol. The summed E-state index contributed by atoms with van der Waals surface area (Å²) in [6.07, 6.45) is 0. The fourth-order valence-electron chi connectivity index (χ4n) is 3.47. The first kappa shape index (κ1) is 18.9. The quantitative estimate of drug-likeness (QED) is 0.373. The Balaban J connectivity index is 1.96. The number of anilines is 1. The summed E-state index contributed by atoms with van der Waals surface area (Å²) in [4.78, 5) is 27.0. The smallest absolute Gasteiger partial charge is 0.300 e. The Kier molecular flexibility index (Phi) is 4.91. The molecule has 3 aromatic carbocycles. The second-order valence-electron chi connectivity index (χ2n) is 6.57. The predicted octanol–water partition coefficient (Wildman–Crippen LogP) is 5.11. The summed E-state index contributed by atoms with van der Waals surface area (Å²) in [6, 6.07) is 19.7. The van der Waals surface area contributed by atoms with E-state index in [4.69, 9.17) is 11.6 Å². The molecule has 4 nitrogen and oxygen atoms in total. The van der Waals surface area contributed by atoms with Gasteiger partial charge in [-0.2, -0.15) is 0 Å². The van der Waals surface area contributed by atoms with E-state index in [0.29, 0.717) is 16.1 Å². The zero-order chi connectivity index (χ0) is 20.5. The lowest BCUT2D eigenvalue weighted by Gasteiger charge is -2.25. The third-order valence-corrected chi connectivity index (χ3v) is 4.98. The molecule has 6 heteroatoms. The van der Waals surface area contributed by atoms with Gasteiger partial charge in [0.1, 0.15) is 11.6 Å². The molecule has 1 heterocycles. The van der Waals surface area contributed by atoms with Crippen molar-refractivity contribution in [3.63, 3.8) is 0 Å². The van der Waals surface area contributed by atoms with E-state index in [-0.39, 0.29) is 17.0 Å². The minimum Gasteiger partial charge on any atom is -0.507 e. The van der Waals surface area contributed by atoms with Crippen molar-refractivity contribution >= 4 is 34.7 Å². The highest BCUT2D eigenvalue weighted by Crippen LogP contribution is 2.42. The van der Waals surface area contributed by atoms with Crippen molar-refractivity contribution in [3.8, 4) is 0 Å². The molecule has 0 aliphatic carbocycles. The molecule has 1 unspecified atom stereocenters. The van der Waals surface area contributed by atoms with Crippen LogP contribution in [0.5, 0.6) is 0 Å². The zero-order valence-corrected chi connectivity index (χ0v) is 15.8. The van der Waals surface area contributed by atoms with Gasteiger partial charge in [0.15, 0.2) is 0 Å². The largest absolute Gasteiger partial charge is 0.507 e. The number of rotatable bonds is 3. The highest BCUT2D eigenvalue weighted by molar-refractivity contribution is 6.51. The van der Waals surface area contributed by atoms with Gasteiger partial charge in [0.05, 0.1) is 11.6 Å². The van der Waals surface area contributed by atoms with Crippen LogP contribution in [0.15, 0.2) is 84.4 Å². The topological polar surface area (TPSA) is 57.6 Å². The summed E-state index contributed by atoms with van der Waals surface area (Å²) in [5.41, 5.74) is 1.08. The lowest BCUT2D eigenvalue weighted by atomic mass is 9.95. The van der Waals surface area contributed by atoms with Gasteiger partial charge < -0.3 is 5.11 Å². The van der Waals surface area contributed by atoms with E-state index in [0.717, 1.165) is 0 Å². The Morgan fingerprint density at radius 2 is 1.66 bits per heavy atom. The number of hydrogen-bond acceptors (Lipinski definition) is 3. The van der Waals surface area contributed by atoms with Gasteiger partial charge >= 0.3 is 0 Å². The van der Waals surface area contributed by atoms with Crippen LogP contribution in [0.2, 0.25) is 5.02 Å². The molecule has 1 saturated heterocycles. The Hall–Kier alpha value is -3.44. The minimum atomic E-state index is -0.906. The fourth-order valence-corrected chi connectivity index (χ4v) is 3.66. The van der Waals surface area contributed by atoms with E-state index >= 15 is 0 Å². The number of ketones is 1. The maximum Gasteiger partial charge on any atom is 0.300 e. The van der Waals surface area contributed by atoms with Gasteiger partial charge in [0, 0.05) is 16.3 Å². The van der Waals surface area contributed by atoms with Crippen LogP contribution in [0.1, 0.15) is 17.2 Å². The van der Waals surface area contributed by atoms with E-state index in [1.165, 1.54) is 29.2 Å². The lowest BCUT2D eigenvalue weighted by Crippen LogP contribution is -2.29. The number of hydrogen-bond donors (Lipinski definition) is 1. The van der Waals surface area contributed by atoms with Crippen molar-refractivity contribution in [1.82, 2.24) is 0 Å². The normalized spacial score (nSPS) is 18.3. The van der Waals surface area contributed by atoms with Crippen LogP contribution >= 0.6 is 11.6 Å². The molecule has 29 heavy (non-hydrogen) atoms. The Morgan fingerprint density at radius 1 is 0.931 bits per heavy atom. The minimum absolute atomic E-state index is 0.0762. The van der Waals surface area contributed by atoms with Gasteiger partial charge in [-0.15, -0.1) is 0 Å². The van der Waals surface area contributed by atoms with Crippen LogP contribution in [0.25, 0.3) is 5.76 Å². The van der Waals surface area contributed by atoms with E-state index in [9.17, 15) is 19.1 Å². The zero-order valence-electron chi connectivity index (χ0n) is 15.0. The number of carbonyl (C=O) groups excluding carboxylic acids is 2. The Labute approximate surface area is 171 Å². The first-order valence-electron chi connectivity index (χ1n) is 8.85. The molecule has 1 amide bonds. The third kappa shape index (κ3) is 3.41. The predicted molar refractivity (Wildman–Crippen MR) is 109 cm³/mol. The summed E-state index contributed by atoms with van der Waals surface area (Å²) in [5.74, 6) is -2.56. The van der Waals surface area contributed by atoms with Gasteiger partial charge in [-0.1, -0.05) is 60.1 Å². The molecule has 0 saturated carbocycles. The number of nitrogens with zero attached hydrogens (tertiary/aromatic N) is 1. The first-order valence-corrected chi connectivity index (χ1v) is 9.22. The summed E-state index contributed by atoms with van der Waals surface area (Å²) < 4.78 is 13.8. The summed E-state index contributed by atoms with van der Waals surface area (Å²) in [5, 5.41) is 11.3. The van der Waals surface area contributed by atoms with Gasteiger partial charge in [-0.25, -0.2) is 4.39 Å². The van der Waals surface area contributed by atoms with Crippen LogP contribution in [0, 0.1) is 5.82 Å². The number of carbonyl (C=O) groups is 2. The van der Waals surface area contributed by atoms with Crippen molar-refractivity contribution < 1.29 is 19.1 Å². The van der Waals surface area contributed by atoms with Crippen LogP contribution < -0.4 is 4.90 Å². The monoisotopic (exact) mass is 407 g/mol. The number of aliphatic hydroxyl groups excluding tert-OH is 1. The molecule has 1 aliphatic rings. The summed E-state index contributed by atoms with van der Waals surface area (Å²) in [7, 11) is 0. The third-order valence-electron chi connectivity index (χ3n) is 4.74. The molecule has 3 aromatic rings. The fraction of sp³-hybridized carbons (Fsp3) is 0.0435. The molecule has 0 spiro atoms. The SMILES string of the molecule is O=C1C(=O)N(c2cccc(F)c2)C(c2ccccc2)/C1=C(\O)c1cccc(Cl)c1. The van der Waals surface area contributed by atoms with Crippen molar-refractivity contribution in [2.24, 2.45) is 0 Å². The number of aliphatic hydroxyl groups is 1. The van der Waals surface area contributed by atoms with Crippen molar-refractivity contribution in [1.29, 1.82) is 0 Å². The second kappa shape index (κ2) is 7.53. The van der Waals surface area contributed by atoms with Gasteiger partial charge in [0.25, 0.3) is 11.7 Å². The number of Topliss-reactive ketones (excluding diaryl/α,β-unsaturated/α-hetero) is 1. The summed E-state index contributed by atoms with van der Waals surface area (Å²) in [6.45, 7) is 0. The average Bonchev–Trinajstić information content (AvgIpc) is 2.99. The standard InChI is InChI=1S/C23H15ClFNO3/c24-16-9-4-8-15(12-16)21(27)19-20(14-6-2-1-3-7-14)26(23(29)22(19)28)18-11-5-10-17(25)13-18/h1-13,20,27H/b21-19+. The maximum absolute atomic E-state index is 13.8. The molecule has 4 rings (SSSR count). The van der Waals surface area contributed by atoms with Crippen molar-refractivity contribution in [3.05, 3.63) is 106 Å². The van der Waals surface area contributed by atoms with Crippen molar-refractivity contribution in [2.75, 3.05) is 4.90 Å². The van der Waals surface area contributed by atoms with E-state index < -0.39 is 23.5 Å². The number of halogens is 2. The highest BCUT2D eigenvalue weighted by Gasteiger charge is 2.46. The van der Waals surface area contributed by atoms with Gasteiger partial charge in [0.2, 0.25) is 0 Å². The van der Waals surface area contributed by atoms with Crippen LogP contribution in [0.3, 0.4) is 0 Å². The molecule has 1 fully saturated rings. The molecule has 144 valence electrons. The Morgan fingerprint density at radius 3 is 2.34 bits per heavy atom. The molecule has 0 aromatic heterocycles. The molecule has 1 atom stereocenters. The first-order chi connectivity index (χ1) is 14.0. The molecule has 1 aliphatic heterocycles. The molecular weight excluding hydrogens is 393 g/mol. The molecule has 1 N–H and O–H groups in total.